The zero-order chi connectivity index (χ0) is 17.9. The highest BCUT2D eigenvalue weighted by Crippen LogP contribution is 2.43. The van der Waals surface area contributed by atoms with Crippen molar-refractivity contribution in [2.24, 2.45) is 4.99 Å². The van der Waals surface area contributed by atoms with Crippen molar-refractivity contribution in [3.63, 3.8) is 0 Å². The fraction of sp³-hybridized carbons (Fsp3) is 0.174. The van der Waals surface area contributed by atoms with E-state index < -0.39 is 5.41 Å². The van der Waals surface area contributed by atoms with E-state index in [1.54, 1.807) is 13.3 Å². The summed E-state index contributed by atoms with van der Waals surface area (Å²) >= 11 is 0. The molecule has 3 aromatic carbocycles. The van der Waals surface area contributed by atoms with Crippen LogP contribution < -0.4 is 0 Å². The second-order valence-corrected chi connectivity index (χ2v) is 6.49. The minimum Gasteiger partial charge on any atom is -0.507 e. The van der Waals surface area contributed by atoms with Crippen molar-refractivity contribution in [3.05, 3.63) is 101 Å². The summed E-state index contributed by atoms with van der Waals surface area (Å²) in [7, 11) is 1.72. The summed E-state index contributed by atoms with van der Waals surface area (Å²) in [5, 5.41) is 11.0. The Morgan fingerprint density at radius 1 is 0.880 bits per heavy atom. The summed E-state index contributed by atoms with van der Waals surface area (Å²) in [5.74, 6) is 0.284. The second-order valence-electron chi connectivity index (χ2n) is 6.49. The predicted octanol–water partition coefficient (Wildman–Crippen LogP) is 5.10. The van der Waals surface area contributed by atoms with Crippen LogP contribution in [0.4, 0.5) is 0 Å². The van der Waals surface area contributed by atoms with Gasteiger partial charge in [0, 0.05) is 29.8 Å². The van der Waals surface area contributed by atoms with Gasteiger partial charge in [0.15, 0.2) is 0 Å². The zero-order valence-corrected chi connectivity index (χ0v) is 14.9. The summed E-state index contributed by atoms with van der Waals surface area (Å²) in [6.07, 6.45) is 1.71. The minimum atomic E-state index is -0.463. The van der Waals surface area contributed by atoms with Crippen LogP contribution in [0, 0.1) is 6.92 Å². The van der Waals surface area contributed by atoms with E-state index >= 15 is 0 Å². The fourth-order valence-corrected chi connectivity index (χ4v) is 3.45. The average Bonchev–Trinajstić information content (AvgIpc) is 2.65. The second kappa shape index (κ2) is 6.94. The van der Waals surface area contributed by atoms with Gasteiger partial charge in [-0.25, -0.2) is 0 Å². The van der Waals surface area contributed by atoms with Crippen LogP contribution in [0.25, 0.3) is 0 Å². The summed E-state index contributed by atoms with van der Waals surface area (Å²) in [6, 6.07) is 24.7. The topological polar surface area (TPSA) is 32.6 Å². The number of aromatic hydroxyl groups is 1. The van der Waals surface area contributed by atoms with Crippen LogP contribution in [-0.2, 0) is 5.41 Å². The molecule has 0 fully saturated rings. The maximum absolute atomic E-state index is 11.0. The molecule has 0 heterocycles. The van der Waals surface area contributed by atoms with E-state index in [0.717, 1.165) is 27.8 Å². The van der Waals surface area contributed by atoms with Gasteiger partial charge >= 0.3 is 0 Å². The molecule has 1 N–H and O–H groups in total. The summed E-state index contributed by atoms with van der Waals surface area (Å²) in [5.41, 5.74) is 4.55. The molecule has 3 aromatic rings. The van der Waals surface area contributed by atoms with Gasteiger partial charge in [-0.3, -0.25) is 4.99 Å². The molecule has 0 aliphatic heterocycles. The van der Waals surface area contributed by atoms with E-state index in [1.165, 1.54) is 0 Å². The van der Waals surface area contributed by atoms with Crippen molar-refractivity contribution >= 4 is 6.21 Å². The minimum absolute atomic E-state index is 0.284. The molecule has 0 bridgehead atoms. The van der Waals surface area contributed by atoms with Crippen molar-refractivity contribution in [1.29, 1.82) is 0 Å². The van der Waals surface area contributed by atoms with Crippen molar-refractivity contribution < 1.29 is 5.11 Å². The molecule has 25 heavy (non-hydrogen) atoms. The van der Waals surface area contributed by atoms with Crippen LogP contribution in [0.1, 0.15) is 34.7 Å². The van der Waals surface area contributed by atoms with Crippen LogP contribution in [0.2, 0.25) is 0 Å². The first-order valence-corrected chi connectivity index (χ1v) is 8.44. The molecular formula is C23H23NO. The molecule has 0 saturated heterocycles. The highest BCUT2D eigenvalue weighted by molar-refractivity contribution is 5.85. The lowest BCUT2D eigenvalue weighted by Crippen LogP contribution is -2.26. The van der Waals surface area contributed by atoms with Gasteiger partial charge in [-0.2, -0.15) is 0 Å². The molecule has 2 heteroatoms. The van der Waals surface area contributed by atoms with Crippen LogP contribution in [0.3, 0.4) is 0 Å². The third-order valence-corrected chi connectivity index (χ3v) is 4.79. The third-order valence-electron chi connectivity index (χ3n) is 4.79. The molecule has 0 aromatic heterocycles. The van der Waals surface area contributed by atoms with Crippen molar-refractivity contribution in [2.75, 3.05) is 7.05 Å². The lowest BCUT2D eigenvalue weighted by atomic mass is 9.70. The molecule has 0 saturated carbocycles. The number of aliphatic imine (C=N–C) groups is 1. The quantitative estimate of drug-likeness (QED) is 0.524. The predicted molar refractivity (Wildman–Crippen MR) is 105 cm³/mol. The fourth-order valence-electron chi connectivity index (χ4n) is 3.45. The highest BCUT2D eigenvalue weighted by atomic mass is 16.3. The first-order chi connectivity index (χ1) is 12.1. The van der Waals surface area contributed by atoms with Gasteiger partial charge in [-0.05, 0) is 36.6 Å². The van der Waals surface area contributed by atoms with E-state index in [9.17, 15) is 5.11 Å². The number of phenolic OH excluding ortho intramolecular Hbond substituents is 1. The van der Waals surface area contributed by atoms with Crippen LogP contribution >= 0.6 is 0 Å². The zero-order valence-electron chi connectivity index (χ0n) is 14.9. The van der Waals surface area contributed by atoms with Gasteiger partial charge in [-0.1, -0.05) is 66.7 Å². The number of rotatable bonds is 4. The van der Waals surface area contributed by atoms with Gasteiger partial charge in [0.1, 0.15) is 5.75 Å². The molecular weight excluding hydrogens is 306 g/mol. The Bertz CT molecular complexity index is 843. The van der Waals surface area contributed by atoms with E-state index in [1.807, 2.05) is 49.4 Å². The Morgan fingerprint density at radius 3 is 1.88 bits per heavy atom. The number of nitrogens with zero attached hydrogens (tertiary/aromatic N) is 1. The maximum atomic E-state index is 11.0. The molecule has 0 amide bonds. The standard InChI is InChI=1S/C23H23NO/c1-17-14-18(16-24-3)22(25)21(15-17)23(2,19-10-6-4-7-11-19)20-12-8-5-9-13-20/h4-16,25H,1-3H3. The first kappa shape index (κ1) is 17.0. The monoisotopic (exact) mass is 329 g/mol. The third kappa shape index (κ3) is 3.08. The van der Waals surface area contributed by atoms with Crippen LogP contribution in [0.15, 0.2) is 77.8 Å². The van der Waals surface area contributed by atoms with Gasteiger partial charge in [0.05, 0.1) is 0 Å². The number of aryl methyl sites for hydroxylation is 1. The van der Waals surface area contributed by atoms with Crippen molar-refractivity contribution in [2.45, 2.75) is 19.3 Å². The SMILES string of the molecule is CN=Cc1cc(C)cc(C(C)(c2ccccc2)c2ccccc2)c1O. The Labute approximate surface area is 149 Å². The number of phenols is 1. The Balaban J connectivity index is 2.35. The van der Waals surface area contributed by atoms with Crippen LogP contribution in [0.5, 0.6) is 5.75 Å². The first-order valence-electron chi connectivity index (χ1n) is 8.44. The molecule has 3 rings (SSSR count). The van der Waals surface area contributed by atoms with Gasteiger partial charge in [0.25, 0.3) is 0 Å². The maximum Gasteiger partial charge on any atom is 0.128 e. The van der Waals surface area contributed by atoms with E-state index in [2.05, 4.69) is 42.2 Å². The highest BCUT2D eigenvalue weighted by Gasteiger charge is 2.34. The largest absolute Gasteiger partial charge is 0.507 e. The van der Waals surface area contributed by atoms with Gasteiger partial charge < -0.3 is 5.11 Å². The number of benzene rings is 3. The van der Waals surface area contributed by atoms with Gasteiger partial charge in [-0.15, -0.1) is 0 Å². The molecule has 2 nitrogen and oxygen atoms in total. The molecule has 0 aliphatic rings. The Kier molecular flexibility index (Phi) is 4.71. The summed E-state index contributed by atoms with van der Waals surface area (Å²) in [4.78, 5) is 4.09. The van der Waals surface area contributed by atoms with E-state index in [0.29, 0.717) is 0 Å². The Hall–Kier alpha value is -2.87. The normalized spacial score (nSPS) is 11.8. The molecule has 126 valence electrons. The molecule has 0 unspecified atom stereocenters. The van der Waals surface area contributed by atoms with Crippen molar-refractivity contribution in [1.82, 2.24) is 0 Å². The summed E-state index contributed by atoms with van der Waals surface area (Å²) < 4.78 is 0. The van der Waals surface area contributed by atoms with Gasteiger partial charge in [0.2, 0.25) is 0 Å². The van der Waals surface area contributed by atoms with Crippen molar-refractivity contribution in [3.8, 4) is 5.75 Å². The van der Waals surface area contributed by atoms with E-state index in [-0.39, 0.29) is 5.75 Å². The summed E-state index contributed by atoms with van der Waals surface area (Å²) in [6.45, 7) is 4.21. The van der Waals surface area contributed by atoms with Crippen LogP contribution in [-0.4, -0.2) is 18.4 Å². The smallest absolute Gasteiger partial charge is 0.128 e. The van der Waals surface area contributed by atoms with E-state index in [4.69, 9.17) is 0 Å². The lowest BCUT2D eigenvalue weighted by molar-refractivity contribution is 0.456. The molecule has 0 spiro atoms. The molecule has 0 aliphatic carbocycles. The Morgan fingerprint density at radius 2 is 1.40 bits per heavy atom. The average molecular weight is 329 g/mol. The number of hydrogen-bond donors (Lipinski definition) is 1. The molecule has 0 atom stereocenters. The lowest BCUT2D eigenvalue weighted by Gasteiger charge is -2.33. The number of hydrogen-bond acceptors (Lipinski definition) is 2. The molecule has 0 radical (unpaired) electrons.